The first-order valence-corrected chi connectivity index (χ1v) is 9.39. The number of likely N-dealkylation sites (N-methyl/N-ethyl adjacent to an activating group) is 1. The number of H-pyrrole nitrogens is 1. The van der Waals surface area contributed by atoms with Crippen LogP contribution in [0, 0.1) is 0 Å². The van der Waals surface area contributed by atoms with Crippen LogP contribution in [-0.4, -0.2) is 62.6 Å². The van der Waals surface area contributed by atoms with E-state index in [0.717, 1.165) is 24.3 Å². The number of piperazine rings is 1. The summed E-state index contributed by atoms with van der Waals surface area (Å²) in [6.07, 6.45) is 4.92. The van der Waals surface area contributed by atoms with Crippen molar-refractivity contribution in [2.75, 3.05) is 25.9 Å². The number of anilines is 1. The third kappa shape index (κ3) is 2.28. The number of carbonyl (C=O) groups excluding carboxylic acids is 1. The molecule has 3 heterocycles. The molecule has 1 aromatic heterocycles. The average Bonchev–Trinajstić information content (AvgIpc) is 3.22. The average molecular weight is 346 g/mol. The van der Waals surface area contributed by atoms with E-state index in [4.69, 9.17) is 5.73 Å². The van der Waals surface area contributed by atoms with E-state index in [1.165, 1.54) is 25.7 Å². The van der Waals surface area contributed by atoms with Crippen LogP contribution in [0.2, 0.25) is 0 Å². The van der Waals surface area contributed by atoms with Gasteiger partial charge in [-0.15, -0.1) is 0 Å². The lowest BCUT2D eigenvalue weighted by atomic mass is 9.90. The Bertz CT molecular complexity index is 690. The first-order valence-electron chi connectivity index (χ1n) is 9.39. The van der Waals surface area contributed by atoms with Crippen molar-refractivity contribution in [3.05, 3.63) is 11.3 Å². The molecule has 7 nitrogen and oxygen atoms in total. The van der Waals surface area contributed by atoms with Crippen LogP contribution in [0.5, 0.6) is 0 Å². The maximum absolute atomic E-state index is 13.5. The number of fused-ring (bicyclic) bond motifs is 1. The van der Waals surface area contributed by atoms with Crippen molar-refractivity contribution in [3.8, 4) is 0 Å². The number of amides is 2. The minimum Gasteiger partial charge on any atom is -0.382 e. The molecule has 3 N–H and O–H groups in total. The summed E-state index contributed by atoms with van der Waals surface area (Å²) in [6, 6.07) is 0.342. The zero-order valence-electron chi connectivity index (χ0n) is 15.8. The molecular weight excluding hydrogens is 316 g/mol. The van der Waals surface area contributed by atoms with Crippen LogP contribution < -0.4 is 5.73 Å². The zero-order chi connectivity index (χ0) is 18.0. The van der Waals surface area contributed by atoms with Crippen LogP contribution in [0.3, 0.4) is 0 Å². The van der Waals surface area contributed by atoms with Gasteiger partial charge in [0, 0.05) is 30.2 Å². The molecule has 1 atom stereocenters. The maximum Gasteiger partial charge on any atom is 0.321 e. The Labute approximate surface area is 149 Å². The normalized spacial score (nSPS) is 27.9. The van der Waals surface area contributed by atoms with Gasteiger partial charge in [0.2, 0.25) is 0 Å². The van der Waals surface area contributed by atoms with Gasteiger partial charge in [-0.25, -0.2) is 4.79 Å². The molecule has 0 aromatic carbocycles. The standard InChI is InChI=1S/C18H30N6O/c1-12-9-22(4)18(7-5-6-8-18)11-23(12)16(25)24-10-13-14(17(24,2)3)20-21-15(13)19/h12H,5-11H2,1-4H3,(H3,19,20,21)/t12-/m0/s1. The third-order valence-electron chi connectivity index (χ3n) is 6.86. The molecule has 2 aliphatic heterocycles. The first kappa shape index (κ1) is 16.7. The molecule has 1 saturated heterocycles. The number of nitrogen functional groups attached to an aromatic ring is 1. The SMILES string of the molecule is C[C@H]1CN(C)C2(CCCC2)CN1C(=O)N1Cc2c(N)n[nH]c2C1(C)C. The number of carbonyl (C=O) groups is 1. The number of urea groups is 1. The molecule has 0 radical (unpaired) electrons. The fourth-order valence-electron chi connectivity index (χ4n) is 5.11. The summed E-state index contributed by atoms with van der Waals surface area (Å²) >= 11 is 0. The molecule has 2 amide bonds. The van der Waals surface area contributed by atoms with Crippen LogP contribution in [0.15, 0.2) is 0 Å². The van der Waals surface area contributed by atoms with E-state index in [9.17, 15) is 4.79 Å². The van der Waals surface area contributed by atoms with Crippen molar-refractivity contribution in [2.24, 2.45) is 0 Å². The highest BCUT2D eigenvalue weighted by Crippen LogP contribution is 2.43. The van der Waals surface area contributed by atoms with Gasteiger partial charge < -0.3 is 15.5 Å². The van der Waals surface area contributed by atoms with Crippen molar-refractivity contribution < 1.29 is 4.79 Å². The summed E-state index contributed by atoms with van der Waals surface area (Å²) in [5.74, 6) is 0.511. The maximum atomic E-state index is 13.5. The monoisotopic (exact) mass is 346 g/mol. The Morgan fingerprint density at radius 1 is 1.32 bits per heavy atom. The highest BCUT2D eigenvalue weighted by Gasteiger charge is 2.50. The molecule has 25 heavy (non-hydrogen) atoms. The predicted octanol–water partition coefficient (Wildman–Crippen LogP) is 2.11. The molecule has 3 aliphatic rings. The summed E-state index contributed by atoms with van der Waals surface area (Å²) in [5, 5.41) is 7.15. The van der Waals surface area contributed by atoms with E-state index in [1.54, 1.807) is 0 Å². The summed E-state index contributed by atoms with van der Waals surface area (Å²) < 4.78 is 0. The third-order valence-corrected chi connectivity index (χ3v) is 6.86. The molecule has 0 bridgehead atoms. The Kier molecular flexibility index (Phi) is 3.58. The Hall–Kier alpha value is -1.76. The molecular formula is C18H30N6O. The van der Waals surface area contributed by atoms with E-state index in [0.29, 0.717) is 12.4 Å². The number of hydrogen-bond donors (Lipinski definition) is 2. The lowest BCUT2D eigenvalue weighted by Crippen LogP contribution is -2.66. The number of nitrogens with two attached hydrogens (primary N) is 1. The molecule has 1 saturated carbocycles. The molecule has 7 heteroatoms. The topological polar surface area (TPSA) is 81.5 Å². The second kappa shape index (κ2) is 5.37. The first-order chi connectivity index (χ1) is 11.8. The van der Waals surface area contributed by atoms with Gasteiger partial charge in [-0.05, 0) is 40.7 Å². The quantitative estimate of drug-likeness (QED) is 0.754. The minimum absolute atomic E-state index is 0.126. The molecule has 138 valence electrons. The van der Waals surface area contributed by atoms with Crippen LogP contribution in [-0.2, 0) is 12.1 Å². The second-order valence-corrected chi connectivity index (χ2v) is 8.68. The van der Waals surface area contributed by atoms with Crippen LogP contribution in [0.4, 0.5) is 10.6 Å². The smallest absolute Gasteiger partial charge is 0.321 e. The van der Waals surface area contributed by atoms with Crippen LogP contribution in [0.1, 0.15) is 57.7 Å². The van der Waals surface area contributed by atoms with Gasteiger partial charge in [0.05, 0.1) is 17.8 Å². The molecule has 1 aliphatic carbocycles. The van der Waals surface area contributed by atoms with Gasteiger partial charge in [0.1, 0.15) is 0 Å². The summed E-state index contributed by atoms with van der Waals surface area (Å²) in [5.41, 5.74) is 7.68. The van der Waals surface area contributed by atoms with Gasteiger partial charge in [0.15, 0.2) is 5.82 Å². The molecule has 2 fully saturated rings. The Morgan fingerprint density at radius 3 is 2.64 bits per heavy atom. The summed E-state index contributed by atoms with van der Waals surface area (Å²) in [6.45, 7) is 8.61. The largest absolute Gasteiger partial charge is 0.382 e. The number of nitrogens with one attached hydrogen (secondary N) is 1. The molecule has 0 unspecified atom stereocenters. The van der Waals surface area contributed by atoms with Crippen LogP contribution in [0.25, 0.3) is 0 Å². The van der Waals surface area contributed by atoms with Crippen molar-refractivity contribution in [3.63, 3.8) is 0 Å². The number of rotatable bonds is 0. The second-order valence-electron chi connectivity index (χ2n) is 8.68. The predicted molar refractivity (Wildman–Crippen MR) is 97.0 cm³/mol. The minimum atomic E-state index is -0.414. The van der Waals surface area contributed by atoms with Crippen molar-refractivity contribution in [1.82, 2.24) is 24.9 Å². The van der Waals surface area contributed by atoms with Gasteiger partial charge >= 0.3 is 6.03 Å². The number of hydrogen-bond acceptors (Lipinski definition) is 4. The highest BCUT2D eigenvalue weighted by molar-refractivity contribution is 5.78. The van der Waals surface area contributed by atoms with E-state index in [2.05, 4.69) is 47.8 Å². The lowest BCUT2D eigenvalue weighted by Gasteiger charge is -2.52. The fourth-order valence-corrected chi connectivity index (χ4v) is 5.11. The Morgan fingerprint density at radius 2 is 2.00 bits per heavy atom. The number of nitrogens with zero attached hydrogens (tertiary/aromatic N) is 4. The molecule has 4 rings (SSSR count). The van der Waals surface area contributed by atoms with Crippen LogP contribution >= 0.6 is 0 Å². The number of aromatic amines is 1. The van der Waals surface area contributed by atoms with Crippen molar-refractivity contribution >= 4 is 11.8 Å². The van der Waals surface area contributed by atoms with E-state index in [-0.39, 0.29) is 17.6 Å². The van der Waals surface area contributed by atoms with Gasteiger partial charge in [-0.1, -0.05) is 12.8 Å². The van der Waals surface area contributed by atoms with Gasteiger partial charge in [-0.3, -0.25) is 10.00 Å². The summed E-state index contributed by atoms with van der Waals surface area (Å²) in [7, 11) is 2.22. The Balaban J connectivity index is 1.60. The molecule has 1 aromatic rings. The highest BCUT2D eigenvalue weighted by atomic mass is 16.2. The van der Waals surface area contributed by atoms with Crippen molar-refractivity contribution in [1.29, 1.82) is 0 Å². The van der Waals surface area contributed by atoms with E-state index in [1.807, 2.05) is 4.90 Å². The fraction of sp³-hybridized carbons (Fsp3) is 0.778. The zero-order valence-corrected chi connectivity index (χ0v) is 15.8. The lowest BCUT2D eigenvalue weighted by molar-refractivity contribution is -0.00744. The summed E-state index contributed by atoms with van der Waals surface area (Å²) in [4.78, 5) is 20.1. The van der Waals surface area contributed by atoms with Gasteiger partial charge in [-0.2, -0.15) is 5.10 Å². The number of aromatic nitrogens is 2. The van der Waals surface area contributed by atoms with E-state index >= 15 is 0 Å². The van der Waals surface area contributed by atoms with Gasteiger partial charge in [0.25, 0.3) is 0 Å². The van der Waals surface area contributed by atoms with E-state index < -0.39 is 5.54 Å². The van der Waals surface area contributed by atoms with Crippen molar-refractivity contribution in [2.45, 2.75) is 70.1 Å². The molecule has 1 spiro atoms.